The third-order valence-electron chi connectivity index (χ3n) is 5.36. The second kappa shape index (κ2) is 9.68. The summed E-state index contributed by atoms with van der Waals surface area (Å²) in [5, 5.41) is 3.02. The zero-order valence-corrected chi connectivity index (χ0v) is 16.8. The number of rotatable bonds is 5. The van der Waals surface area contributed by atoms with Crippen LogP contribution in [0.4, 0.5) is 10.7 Å². The van der Waals surface area contributed by atoms with Gasteiger partial charge >= 0.3 is 6.09 Å². The largest absolute Gasteiger partial charge is 0.450 e. The summed E-state index contributed by atoms with van der Waals surface area (Å²) in [6.07, 6.45) is 4.34. The molecule has 0 aromatic carbocycles. The lowest BCUT2D eigenvalue weighted by molar-refractivity contribution is 0.0859. The summed E-state index contributed by atoms with van der Waals surface area (Å²) in [6.45, 7) is 10.4. The number of amides is 2. The number of ether oxygens (including phenoxy) is 1. The molecule has 2 aliphatic heterocycles. The monoisotopic (exact) mass is 390 g/mol. The molecule has 1 N–H and O–H groups in total. The third-order valence-corrected chi connectivity index (χ3v) is 5.36. The van der Waals surface area contributed by atoms with Crippen LogP contribution in [0.1, 0.15) is 37.0 Å². The molecule has 28 heavy (non-hydrogen) atoms. The fourth-order valence-electron chi connectivity index (χ4n) is 3.56. The van der Waals surface area contributed by atoms with Gasteiger partial charge in [-0.15, -0.1) is 0 Å². The van der Waals surface area contributed by atoms with Crippen molar-refractivity contribution in [1.29, 1.82) is 0 Å². The summed E-state index contributed by atoms with van der Waals surface area (Å²) in [7, 11) is 0. The standard InChI is InChI=1S/C19H30N6O3/c1-3-23-9-11-24(12-10-23)18-20-13-15(14-21-18)17(26)22-16-5-7-25(8-6-16)19(27)28-4-2/h13-14,16H,3-12H2,1-2H3,(H,22,26). The zero-order valence-electron chi connectivity index (χ0n) is 16.8. The maximum Gasteiger partial charge on any atom is 0.409 e. The molecule has 2 fully saturated rings. The molecular formula is C19H30N6O3. The van der Waals surface area contributed by atoms with Crippen LogP contribution in [0.2, 0.25) is 0 Å². The van der Waals surface area contributed by atoms with Gasteiger partial charge in [-0.3, -0.25) is 4.79 Å². The summed E-state index contributed by atoms with van der Waals surface area (Å²) >= 11 is 0. The zero-order chi connectivity index (χ0) is 19.9. The second-order valence-electron chi connectivity index (χ2n) is 7.13. The lowest BCUT2D eigenvalue weighted by atomic mass is 10.1. The number of piperazine rings is 1. The maximum absolute atomic E-state index is 12.5. The lowest BCUT2D eigenvalue weighted by Crippen LogP contribution is -2.47. The van der Waals surface area contributed by atoms with E-state index in [0.717, 1.165) is 32.7 Å². The van der Waals surface area contributed by atoms with E-state index in [2.05, 4.69) is 32.0 Å². The molecule has 3 rings (SSSR count). The minimum absolute atomic E-state index is 0.0416. The highest BCUT2D eigenvalue weighted by atomic mass is 16.6. The van der Waals surface area contributed by atoms with E-state index in [1.54, 1.807) is 24.2 Å². The predicted octanol–water partition coefficient (Wildman–Crippen LogP) is 0.969. The Morgan fingerprint density at radius 1 is 1.07 bits per heavy atom. The number of aromatic nitrogens is 2. The molecule has 0 unspecified atom stereocenters. The molecule has 0 bridgehead atoms. The molecule has 3 heterocycles. The van der Waals surface area contributed by atoms with Crippen LogP contribution in [-0.2, 0) is 4.74 Å². The Morgan fingerprint density at radius 2 is 1.71 bits per heavy atom. The Hall–Kier alpha value is -2.42. The highest BCUT2D eigenvalue weighted by molar-refractivity contribution is 5.93. The number of carbonyl (C=O) groups excluding carboxylic acids is 2. The molecule has 0 radical (unpaired) electrons. The van der Waals surface area contributed by atoms with Gasteiger partial charge in [-0.05, 0) is 26.3 Å². The first-order valence-electron chi connectivity index (χ1n) is 10.1. The van der Waals surface area contributed by atoms with E-state index >= 15 is 0 Å². The molecule has 2 saturated heterocycles. The molecule has 2 aliphatic rings. The quantitative estimate of drug-likeness (QED) is 0.801. The first kappa shape index (κ1) is 20.3. The summed E-state index contributed by atoms with van der Waals surface area (Å²) in [4.78, 5) is 39.2. The predicted molar refractivity (Wildman–Crippen MR) is 105 cm³/mol. The van der Waals surface area contributed by atoms with Gasteiger partial charge in [0.05, 0.1) is 12.2 Å². The molecule has 1 aromatic heterocycles. The van der Waals surface area contributed by atoms with Gasteiger partial charge in [0, 0.05) is 57.7 Å². The lowest BCUT2D eigenvalue weighted by Gasteiger charge is -2.34. The Labute approximate surface area is 166 Å². The molecule has 0 saturated carbocycles. The van der Waals surface area contributed by atoms with Gasteiger partial charge in [-0.2, -0.15) is 0 Å². The number of anilines is 1. The number of nitrogens with zero attached hydrogens (tertiary/aromatic N) is 5. The number of likely N-dealkylation sites (tertiary alicyclic amines) is 1. The fraction of sp³-hybridized carbons (Fsp3) is 0.684. The molecule has 0 spiro atoms. The van der Waals surface area contributed by atoms with Crippen LogP contribution < -0.4 is 10.2 Å². The SMILES string of the molecule is CCOC(=O)N1CCC(NC(=O)c2cnc(N3CCN(CC)CC3)nc2)CC1. The smallest absolute Gasteiger partial charge is 0.409 e. The summed E-state index contributed by atoms with van der Waals surface area (Å²) in [5.41, 5.74) is 0.462. The van der Waals surface area contributed by atoms with Crippen molar-refractivity contribution in [3.8, 4) is 0 Å². The number of piperidine rings is 1. The van der Waals surface area contributed by atoms with Crippen molar-refractivity contribution in [2.45, 2.75) is 32.7 Å². The van der Waals surface area contributed by atoms with Gasteiger partial charge in [-0.1, -0.05) is 6.92 Å². The number of hydrogen-bond donors (Lipinski definition) is 1. The van der Waals surface area contributed by atoms with E-state index in [4.69, 9.17) is 4.74 Å². The molecular weight excluding hydrogens is 360 g/mol. The van der Waals surface area contributed by atoms with Crippen molar-refractivity contribution in [1.82, 2.24) is 25.1 Å². The van der Waals surface area contributed by atoms with Gasteiger partial charge in [0.1, 0.15) is 0 Å². The molecule has 1 aromatic rings. The van der Waals surface area contributed by atoms with E-state index in [1.165, 1.54) is 0 Å². The van der Waals surface area contributed by atoms with Crippen LogP contribution in [0.25, 0.3) is 0 Å². The molecule has 2 amide bonds. The topological polar surface area (TPSA) is 90.9 Å². The summed E-state index contributed by atoms with van der Waals surface area (Å²) in [6, 6.07) is 0.0416. The number of likely N-dealkylation sites (N-methyl/N-ethyl adjacent to an activating group) is 1. The Balaban J connectivity index is 1.47. The molecule has 9 heteroatoms. The van der Waals surface area contributed by atoms with Crippen molar-refractivity contribution in [2.75, 3.05) is 57.3 Å². The van der Waals surface area contributed by atoms with E-state index in [-0.39, 0.29) is 18.0 Å². The van der Waals surface area contributed by atoms with Crippen LogP contribution in [0.15, 0.2) is 12.4 Å². The van der Waals surface area contributed by atoms with E-state index in [1.807, 2.05) is 0 Å². The molecule has 154 valence electrons. The highest BCUT2D eigenvalue weighted by Crippen LogP contribution is 2.14. The number of hydrogen-bond acceptors (Lipinski definition) is 7. The Morgan fingerprint density at radius 3 is 2.29 bits per heavy atom. The normalized spacial score (nSPS) is 18.8. The summed E-state index contributed by atoms with van der Waals surface area (Å²) < 4.78 is 5.02. The van der Waals surface area contributed by atoms with E-state index in [0.29, 0.717) is 44.0 Å². The van der Waals surface area contributed by atoms with Crippen molar-refractivity contribution >= 4 is 17.9 Å². The van der Waals surface area contributed by atoms with Crippen LogP contribution in [0.5, 0.6) is 0 Å². The first-order valence-corrected chi connectivity index (χ1v) is 10.1. The van der Waals surface area contributed by atoms with Gasteiger partial charge in [0.25, 0.3) is 5.91 Å². The molecule has 0 aliphatic carbocycles. The van der Waals surface area contributed by atoms with Crippen LogP contribution in [0.3, 0.4) is 0 Å². The second-order valence-corrected chi connectivity index (χ2v) is 7.13. The molecule has 9 nitrogen and oxygen atoms in total. The minimum atomic E-state index is -0.281. The minimum Gasteiger partial charge on any atom is -0.450 e. The maximum atomic E-state index is 12.5. The van der Waals surface area contributed by atoms with Gasteiger partial charge < -0.3 is 24.8 Å². The third kappa shape index (κ3) is 5.09. The molecule has 0 atom stereocenters. The van der Waals surface area contributed by atoms with Gasteiger partial charge in [0.2, 0.25) is 5.95 Å². The van der Waals surface area contributed by atoms with Crippen LogP contribution in [0, 0.1) is 0 Å². The first-order chi connectivity index (χ1) is 13.6. The van der Waals surface area contributed by atoms with Crippen molar-refractivity contribution in [3.63, 3.8) is 0 Å². The highest BCUT2D eigenvalue weighted by Gasteiger charge is 2.25. The number of nitrogens with one attached hydrogen (secondary N) is 1. The van der Waals surface area contributed by atoms with Crippen molar-refractivity contribution in [2.24, 2.45) is 0 Å². The summed E-state index contributed by atoms with van der Waals surface area (Å²) in [5.74, 6) is 0.506. The van der Waals surface area contributed by atoms with Gasteiger partial charge in [0.15, 0.2) is 0 Å². The van der Waals surface area contributed by atoms with E-state index < -0.39 is 0 Å². The van der Waals surface area contributed by atoms with Crippen LogP contribution in [-0.4, -0.2) is 90.2 Å². The van der Waals surface area contributed by atoms with Crippen molar-refractivity contribution in [3.05, 3.63) is 18.0 Å². The van der Waals surface area contributed by atoms with Crippen LogP contribution >= 0.6 is 0 Å². The number of carbonyl (C=O) groups is 2. The fourth-order valence-corrected chi connectivity index (χ4v) is 3.56. The van der Waals surface area contributed by atoms with Crippen molar-refractivity contribution < 1.29 is 14.3 Å². The van der Waals surface area contributed by atoms with Gasteiger partial charge in [-0.25, -0.2) is 14.8 Å². The Kier molecular flexibility index (Phi) is 7.02. The van der Waals surface area contributed by atoms with E-state index in [9.17, 15) is 9.59 Å². The average molecular weight is 390 g/mol. The Bertz CT molecular complexity index is 652. The average Bonchev–Trinajstić information content (AvgIpc) is 2.74.